The van der Waals surface area contributed by atoms with E-state index < -0.39 is 0 Å². The predicted molar refractivity (Wildman–Crippen MR) is 67.2 cm³/mol. The molecule has 1 saturated heterocycles. The molecule has 1 unspecified atom stereocenters. The average molecular weight is 234 g/mol. The first-order valence-electron chi connectivity index (χ1n) is 7.09. The molecule has 0 amide bonds. The normalized spacial score (nSPS) is 27.2. The van der Waals surface area contributed by atoms with E-state index in [4.69, 9.17) is 9.40 Å². The summed E-state index contributed by atoms with van der Waals surface area (Å²) in [5.41, 5.74) is 1.21. The molecule has 1 aromatic heterocycles. The van der Waals surface area contributed by atoms with Crippen molar-refractivity contribution in [2.24, 2.45) is 0 Å². The minimum Gasteiger partial charge on any atom is -0.448 e. The molecule has 3 heteroatoms. The molecule has 1 aromatic rings. The lowest BCUT2D eigenvalue weighted by Crippen LogP contribution is -2.28. The Morgan fingerprint density at radius 1 is 1.06 bits per heavy atom. The summed E-state index contributed by atoms with van der Waals surface area (Å²) in [6, 6.07) is 0. The van der Waals surface area contributed by atoms with Crippen LogP contribution in [-0.2, 0) is 0 Å². The fraction of sp³-hybridized carbons (Fsp3) is 0.786. The van der Waals surface area contributed by atoms with Crippen LogP contribution in [0.3, 0.4) is 0 Å². The molecule has 0 radical (unpaired) electrons. The third kappa shape index (κ3) is 2.54. The van der Waals surface area contributed by atoms with Crippen molar-refractivity contribution in [3.63, 3.8) is 0 Å². The maximum atomic E-state index is 5.71. The molecule has 2 aliphatic rings. The zero-order chi connectivity index (χ0) is 11.5. The number of nitrogens with zero attached hydrogens (tertiary/aromatic N) is 1. The molecule has 1 saturated carbocycles. The SMILES string of the molecule is c1oc(C2CCCNC2)nc1C1CCCCC1. The largest absolute Gasteiger partial charge is 0.448 e. The van der Waals surface area contributed by atoms with Crippen molar-refractivity contribution in [3.8, 4) is 0 Å². The Hall–Kier alpha value is -0.830. The molecule has 2 fully saturated rings. The van der Waals surface area contributed by atoms with Crippen molar-refractivity contribution in [2.45, 2.75) is 56.8 Å². The van der Waals surface area contributed by atoms with Gasteiger partial charge in [0, 0.05) is 18.4 Å². The van der Waals surface area contributed by atoms with Crippen molar-refractivity contribution in [1.29, 1.82) is 0 Å². The third-order valence-corrected chi connectivity index (χ3v) is 4.21. The highest BCUT2D eigenvalue weighted by Crippen LogP contribution is 2.33. The quantitative estimate of drug-likeness (QED) is 0.854. The van der Waals surface area contributed by atoms with Gasteiger partial charge in [0.05, 0.1) is 5.69 Å². The van der Waals surface area contributed by atoms with E-state index in [1.165, 1.54) is 50.6 Å². The molecule has 94 valence electrons. The van der Waals surface area contributed by atoms with Gasteiger partial charge in [-0.05, 0) is 32.2 Å². The molecule has 3 nitrogen and oxygen atoms in total. The van der Waals surface area contributed by atoms with Crippen LogP contribution in [0.15, 0.2) is 10.7 Å². The van der Waals surface area contributed by atoms with E-state index in [-0.39, 0.29) is 0 Å². The number of nitrogens with one attached hydrogen (secondary N) is 1. The summed E-state index contributed by atoms with van der Waals surface area (Å²) < 4.78 is 5.71. The summed E-state index contributed by atoms with van der Waals surface area (Å²) in [6.07, 6.45) is 11.1. The van der Waals surface area contributed by atoms with Crippen LogP contribution in [0, 0.1) is 0 Å². The molecule has 1 atom stereocenters. The fourth-order valence-corrected chi connectivity index (χ4v) is 3.14. The highest BCUT2D eigenvalue weighted by atomic mass is 16.3. The Labute approximate surface area is 103 Å². The maximum Gasteiger partial charge on any atom is 0.198 e. The standard InChI is InChI=1S/C14H22N2O/c1-2-5-11(6-3-1)13-10-17-14(16-13)12-7-4-8-15-9-12/h10-12,15H,1-9H2. The van der Waals surface area contributed by atoms with Crippen LogP contribution >= 0.6 is 0 Å². The van der Waals surface area contributed by atoms with E-state index >= 15 is 0 Å². The summed E-state index contributed by atoms with van der Waals surface area (Å²) in [5, 5.41) is 3.42. The first-order chi connectivity index (χ1) is 8.43. The van der Waals surface area contributed by atoms with E-state index in [0.29, 0.717) is 11.8 Å². The average Bonchev–Trinajstić information content (AvgIpc) is 2.90. The van der Waals surface area contributed by atoms with Crippen molar-refractivity contribution < 1.29 is 4.42 Å². The number of oxazole rings is 1. The summed E-state index contributed by atoms with van der Waals surface area (Å²) in [4.78, 5) is 4.75. The van der Waals surface area contributed by atoms with Crippen LogP contribution in [0.4, 0.5) is 0 Å². The lowest BCUT2D eigenvalue weighted by molar-refractivity contribution is 0.376. The van der Waals surface area contributed by atoms with Crippen LogP contribution in [-0.4, -0.2) is 18.1 Å². The highest BCUT2D eigenvalue weighted by molar-refractivity contribution is 5.08. The molecule has 2 heterocycles. The van der Waals surface area contributed by atoms with Gasteiger partial charge < -0.3 is 9.73 Å². The zero-order valence-electron chi connectivity index (χ0n) is 10.5. The van der Waals surface area contributed by atoms with E-state index in [9.17, 15) is 0 Å². The Bertz CT molecular complexity index is 316. The number of hydrogen-bond donors (Lipinski definition) is 1. The van der Waals surface area contributed by atoms with Crippen LogP contribution in [0.25, 0.3) is 0 Å². The minimum absolute atomic E-state index is 0.501. The topological polar surface area (TPSA) is 38.1 Å². The van der Waals surface area contributed by atoms with Crippen LogP contribution in [0.5, 0.6) is 0 Å². The molecule has 3 rings (SSSR count). The summed E-state index contributed by atoms with van der Waals surface area (Å²) in [7, 11) is 0. The third-order valence-electron chi connectivity index (χ3n) is 4.21. The summed E-state index contributed by atoms with van der Waals surface area (Å²) >= 11 is 0. The summed E-state index contributed by atoms with van der Waals surface area (Å²) in [6.45, 7) is 2.18. The van der Waals surface area contributed by atoms with Crippen molar-refractivity contribution in [3.05, 3.63) is 17.8 Å². The second kappa shape index (κ2) is 5.21. The smallest absolute Gasteiger partial charge is 0.198 e. The molecule has 17 heavy (non-hydrogen) atoms. The molecule has 0 aromatic carbocycles. The molecule has 0 spiro atoms. The molecular weight excluding hydrogens is 212 g/mol. The molecule has 1 N–H and O–H groups in total. The Balaban J connectivity index is 1.68. The van der Waals surface area contributed by atoms with Crippen molar-refractivity contribution >= 4 is 0 Å². The fourth-order valence-electron chi connectivity index (χ4n) is 3.14. The number of hydrogen-bond acceptors (Lipinski definition) is 3. The Kier molecular flexibility index (Phi) is 3.46. The van der Waals surface area contributed by atoms with Gasteiger partial charge in [-0.2, -0.15) is 0 Å². The van der Waals surface area contributed by atoms with Crippen molar-refractivity contribution in [2.75, 3.05) is 13.1 Å². The second-order valence-electron chi connectivity index (χ2n) is 5.49. The van der Waals surface area contributed by atoms with Gasteiger partial charge in [0.15, 0.2) is 5.89 Å². The number of aromatic nitrogens is 1. The lowest BCUT2D eigenvalue weighted by atomic mass is 9.87. The van der Waals surface area contributed by atoms with Crippen LogP contribution in [0.1, 0.15) is 68.4 Å². The predicted octanol–water partition coefficient (Wildman–Crippen LogP) is 3.19. The van der Waals surface area contributed by atoms with E-state index in [2.05, 4.69) is 5.32 Å². The maximum absolute atomic E-state index is 5.71. The molecule has 0 bridgehead atoms. The number of rotatable bonds is 2. The molecular formula is C14H22N2O. The lowest BCUT2D eigenvalue weighted by Gasteiger charge is -2.20. The molecule has 1 aliphatic carbocycles. The van der Waals surface area contributed by atoms with Crippen molar-refractivity contribution in [1.82, 2.24) is 10.3 Å². The zero-order valence-corrected chi connectivity index (χ0v) is 10.5. The van der Waals surface area contributed by atoms with E-state index in [0.717, 1.165) is 19.0 Å². The van der Waals surface area contributed by atoms with Gasteiger partial charge in [0.1, 0.15) is 6.26 Å². The first-order valence-corrected chi connectivity index (χ1v) is 7.09. The van der Waals surface area contributed by atoms with Crippen LogP contribution in [0.2, 0.25) is 0 Å². The van der Waals surface area contributed by atoms with E-state index in [1.807, 2.05) is 6.26 Å². The monoisotopic (exact) mass is 234 g/mol. The van der Waals surface area contributed by atoms with Gasteiger partial charge in [-0.3, -0.25) is 0 Å². The van der Waals surface area contributed by atoms with E-state index in [1.54, 1.807) is 0 Å². The number of piperidine rings is 1. The minimum atomic E-state index is 0.501. The second-order valence-corrected chi connectivity index (χ2v) is 5.49. The molecule has 1 aliphatic heterocycles. The van der Waals surface area contributed by atoms with Gasteiger partial charge in [-0.1, -0.05) is 19.3 Å². The Morgan fingerprint density at radius 2 is 1.88 bits per heavy atom. The Morgan fingerprint density at radius 3 is 2.65 bits per heavy atom. The first kappa shape index (κ1) is 11.3. The van der Waals surface area contributed by atoms with Gasteiger partial charge in [0.25, 0.3) is 0 Å². The van der Waals surface area contributed by atoms with Gasteiger partial charge >= 0.3 is 0 Å². The van der Waals surface area contributed by atoms with Gasteiger partial charge in [0.2, 0.25) is 0 Å². The van der Waals surface area contributed by atoms with Gasteiger partial charge in [-0.15, -0.1) is 0 Å². The van der Waals surface area contributed by atoms with Crippen LogP contribution < -0.4 is 5.32 Å². The summed E-state index contributed by atoms with van der Waals surface area (Å²) in [5.74, 6) is 2.14. The highest BCUT2D eigenvalue weighted by Gasteiger charge is 2.23. The van der Waals surface area contributed by atoms with Gasteiger partial charge in [-0.25, -0.2) is 4.98 Å².